The lowest BCUT2D eigenvalue weighted by molar-refractivity contribution is -0.137. The second-order valence-electron chi connectivity index (χ2n) is 8.54. The zero-order valence-electron chi connectivity index (χ0n) is 18.7. The van der Waals surface area contributed by atoms with Gasteiger partial charge in [0.15, 0.2) is 0 Å². The summed E-state index contributed by atoms with van der Waals surface area (Å²) in [7, 11) is 0. The van der Waals surface area contributed by atoms with Crippen LogP contribution in [0.15, 0.2) is 55.0 Å². The normalized spacial score (nSPS) is 11.8. The summed E-state index contributed by atoms with van der Waals surface area (Å²) in [4.78, 5) is 21.4. The van der Waals surface area contributed by atoms with E-state index in [2.05, 4.69) is 15.3 Å². The topological polar surface area (TPSA) is 78.7 Å². The molecular formula is C25H23F3N4O. The second-order valence-corrected chi connectivity index (χ2v) is 8.54. The van der Waals surface area contributed by atoms with Crippen molar-refractivity contribution in [1.29, 1.82) is 5.26 Å². The lowest BCUT2D eigenvalue weighted by atomic mass is 9.93. The highest BCUT2D eigenvalue weighted by molar-refractivity contribution is 5.98. The Morgan fingerprint density at radius 2 is 1.67 bits per heavy atom. The third kappa shape index (κ3) is 5.55. The van der Waals surface area contributed by atoms with Gasteiger partial charge in [-0.05, 0) is 66.8 Å². The van der Waals surface area contributed by atoms with Gasteiger partial charge in [0.2, 0.25) is 0 Å². The minimum Gasteiger partial charge on any atom is -0.334 e. The molecule has 0 bridgehead atoms. The summed E-state index contributed by atoms with van der Waals surface area (Å²) in [5.74, 6) is -0.396. The van der Waals surface area contributed by atoms with E-state index in [1.807, 2.05) is 19.9 Å². The molecular weight excluding hydrogens is 429 g/mol. The second kappa shape index (κ2) is 9.02. The summed E-state index contributed by atoms with van der Waals surface area (Å²) in [6, 6.07) is 11.8. The van der Waals surface area contributed by atoms with Gasteiger partial charge in [0.1, 0.15) is 11.9 Å². The van der Waals surface area contributed by atoms with Gasteiger partial charge in [0.05, 0.1) is 17.3 Å². The Bertz CT molecular complexity index is 1210. The van der Waals surface area contributed by atoms with Gasteiger partial charge in [-0.2, -0.15) is 18.4 Å². The van der Waals surface area contributed by atoms with Crippen LogP contribution in [0.4, 0.5) is 13.2 Å². The number of hydrogen-bond acceptors (Lipinski definition) is 4. The fourth-order valence-corrected chi connectivity index (χ4v) is 3.34. The van der Waals surface area contributed by atoms with E-state index >= 15 is 0 Å². The molecule has 0 unspecified atom stereocenters. The molecule has 170 valence electrons. The van der Waals surface area contributed by atoms with Crippen molar-refractivity contribution in [3.05, 3.63) is 71.8 Å². The number of hydrogen-bond donors (Lipinski definition) is 1. The number of amides is 1. The van der Waals surface area contributed by atoms with Gasteiger partial charge in [-0.1, -0.05) is 26.0 Å². The molecule has 3 aromatic rings. The zero-order valence-corrected chi connectivity index (χ0v) is 18.7. The largest absolute Gasteiger partial charge is 0.416 e. The summed E-state index contributed by atoms with van der Waals surface area (Å²) in [6.07, 6.45) is -1.35. The maximum Gasteiger partial charge on any atom is 0.416 e. The molecule has 0 fully saturated rings. The summed E-state index contributed by atoms with van der Waals surface area (Å²) < 4.78 is 39.0. The van der Waals surface area contributed by atoms with E-state index in [4.69, 9.17) is 0 Å². The van der Waals surface area contributed by atoms with Gasteiger partial charge in [-0.3, -0.25) is 4.79 Å². The van der Waals surface area contributed by atoms with E-state index < -0.39 is 23.2 Å². The van der Waals surface area contributed by atoms with E-state index in [1.165, 1.54) is 18.5 Å². The molecule has 1 aromatic heterocycles. The lowest BCUT2D eigenvalue weighted by Gasteiger charge is -2.19. The Balaban J connectivity index is 2.17. The molecule has 33 heavy (non-hydrogen) atoms. The number of rotatable bonds is 5. The molecule has 2 aromatic carbocycles. The predicted octanol–water partition coefficient (Wildman–Crippen LogP) is 5.98. The van der Waals surface area contributed by atoms with Crippen LogP contribution >= 0.6 is 0 Å². The van der Waals surface area contributed by atoms with Crippen LogP contribution < -0.4 is 5.32 Å². The van der Waals surface area contributed by atoms with Gasteiger partial charge in [-0.25, -0.2) is 9.97 Å². The van der Waals surface area contributed by atoms with Gasteiger partial charge in [-0.15, -0.1) is 0 Å². The first-order chi connectivity index (χ1) is 15.4. The average Bonchev–Trinajstić information content (AvgIpc) is 2.78. The number of nitrogens with one attached hydrogen (secondary N) is 1. The maximum atomic E-state index is 13.0. The molecule has 0 aliphatic heterocycles. The Morgan fingerprint density at radius 3 is 2.24 bits per heavy atom. The number of carbonyl (C=O) groups is 1. The van der Waals surface area contributed by atoms with Gasteiger partial charge in [0, 0.05) is 17.3 Å². The van der Waals surface area contributed by atoms with E-state index in [0.717, 1.165) is 23.4 Å². The fourth-order valence-electron chi connectivity index (χ4n) is 3.34. The van der Waals surface area contributed by atoms with Gasteiger partial charge >= 0.3 is 6.18 Å². The Labute approximate surface area is 190 Å². The monoisotopic (exact) mass is 452 g/mol. The average molecular weight is 452 g/mol. The summed E-state index contributed by atoms with van der Waals surface area (Å²) in [5.41, 5.74) is 1.63. The number of carbonyl (C=O) groups excluding carboxylic acids is 1. The van der Waals surface area contributed by atoms with Crippen molar-refractivity contribution >= 4 is 5.91 Å². The van der Waals surface area contributed by atoms with Crippen molar-refractivity contribution in [2.24, 2.45) is 0 Å². The number of nitrogens with zero attached hydrogens (tertiary/aromatic N) is 3. The highest BCUT2D eigenvalue weighted by Gasteiger charge is 2.30. The lowest BCUT2D eigenvalue weighted by Crippen LogP contribution is -2.42. The van der Waals surface area contributed by atoms with Crippen LogP contribution in [0.25, 0.3) is 22.3 Å². The van der Waals surface area contributed by atoms with Crippen LogP contribution in [0.1, 0.15) is 55.2 Å². The smallest absolute Gasteiger partial charge is 0.334 e. The minimum absolute atomic E-state index is 0.0764. The molecule has 0 saturated heterocycles. The summed E-state index contributed by atoms with van der Waals surface area (Å²) in [5, 5.41) is 11.9. The van der Waals surface area contributed by atoms with Gasteiger partial charge in [0.25, 0.3) is 5.91 Å². The van der Waals surface area contributed by atoms with E-state index in [0.29, 0.717) is 16.7 Å². The highest BCUT2D eigenvalue weighted by Crippen LogP contribution is 2.34. The van der Waals surface area contributed by atoms with E-state index in [9.17, 15) is 23.2 Å². The molecule has 1 N–H and O–H groups in total. The van der Waals surface area contributed by atoms with Crippen LogP contribution in [0.5, 0.6) is 0 Å². The molecule has 0 radical (unpaired) electrons. The van der Waals surface area contributed by atoms with Crippen molar-refractivity contribution in [1.82, 2.24) is 15.3 Å². The Kier molecular flexibility index (Phi) is 6.54. The molecule has 0 aliphatic rings. The first-order valence-electron chi connectivity index (χ1n) is 10.3. The number of nitriles is 1. The molecule has 1 heterocycles. The minimum atomic E-state index is -4.44. The van der Waals surface area contributed by atoms with E-state index in [1.54, 1.807) is 38.2 Å². The first kappa shape index (κ1) is 23.9. The standard InChI is InChI=1S/C25H23F3N4O/c1-15(2)22-21(12-30-14-31-22)18-9-17(16-5-7-20(8-6-16)25(26,27)28)10-19(11-18)23(33)32-24(3,4)13-29/h5-12,14-15H,1-4H3,(H,32,33). The summed E-state index contributed by atoms with van der Waals surface area (Å²) in [6.45, 7) is 7.12. The van der Waals surface area contributed by atoms with Crippen molar-refractivity contribution < 1.29 is 18.0 Å². The number of alkyl halides is 3. The highest BCUT2D eigenvalue weighted by atomic mass is 19.4. The molecule has 0 atom stereocenters. The molecule has 5 nitrogen and oxygen atoms in total. The third-order valence-electron chi connectivity index (χ3n) is 5.05. The van der Waals surface area contributed by atoms with Crippen LogP contribution in [-0.4, -0.2) is 21.4 Å². The maximum absolute atomic E-state index is 13.0. The Hall–Kier alpha value is -3.73. The molecule has 8 heteroatoms. The first-order valence-corrected chi connectivity index (χ1v) is 10.3. The molecule has 0 aliphatic carbocycles. The van der Waals surface area contributed by atoms with Crippen LogP contribution in [-0.2, 0) is 6.18 Å². The van der Waals surface area contributed by atoms with Crippen molar-refractivity contribution in [3.8, 4) is 28.3 Å². The number of halogens is 3. The number of aromatic nitrogens is 2. The quantitative estimate of drug-likeness (QED) is 0.516. The molecule has 0 spiro atoms. The van der Waals surface area contributed by atoms with E-state index in [-0.39, 0.29) is 11.5 Å². The number of benzene rings is 2. The van der Waals surface area contributed by atoms with Gasteiger partial charge < -0.3 is 5.32 Å². The fraction of sp³-hybridized carbons (Fsp3) is 0.280. The molecule has 0 saturated carbocycles. The summed E-state index contributed by atoms with van der Waals surface area (Å²) >= 11 is 0. The molecule has 1 amide bonds. The van der Waals surface area contributed by atoms with Crippen molar-refractivity contribution in [3.63, 3.8) is 0 Å². The van der Waals surface area contributed by atoms with Crippen molar-refractivity contribution in [2.45, 2.75) is 45.3 Å². The van der Waals surface area contributed by atoms with Crippen LogP contribution in [0.2, 0.25) is 0 Å². The van der Waals surface area contributed by atoms with Crippen LogP contribution in [0.3, 0.4) is 0 Å². The molecule has 3 rings (SSSR count). The third-order valence-corrected chi connectivity index (χ3v) is 5.05. The zero-order chi connectivity index (χ0) is 24.4. The Morgan fingerprint density at radius 1 is 1.03 bits per heavy atom. The predicted molar refractivity (Wildman–Crippen MR) is 119 cm³/mol. The SMILES string of the molecule is CC(C)c1ncncc1-c1cc(C(=O)NC(C)(C)C#N)cc(-c2ccc(C(F)(F)F)cc2)c1. The van der Waals surface area contributed by atoms with Crippen molar-refractivity contribution in [2.75, 3.05) is 0 Å². The van der Waals surface area contributed by atoms with Crippen LogP contribution in [0, 0.1) is 11.3 Å².